The van der Waals surface area contributed by atoms with E-state index in [4.69, 9.17) is 10.8 Å². The van der Waals surface area contributed by atoms with E-state index >= 15 is 0 Å². The molecule has 0 saturated carbocycles. The normalized spacial score (nSPS) is 24.3. The highest BCUT2D eigenvalue weighted by Gasteiger charge is 2.41. The third kappa shape index (κ3) is 2.28. The molecule has 0 aliphatic carbocycles. The van der Waals surface area contributed by atoms with Crippen LogP contribution in [0.3, 0.4) is 0 Å². The molecule has 0 amide bonds. The Labute approximate surface area is 106 Å². The minimum Gasteiger partial charge on any atom is -0.480 e. The highest BCUT2D eigenvalue weighted by atomic mass is 16.4. The number of carbonyl (C=O) groups is 1. The van der Waals surface area contributed by atoms with Crippen LogP contribution in [-0.2, 0) is 10.3 Å². The monoisotopic (exact) mass is 250 g/mol. The maximum Gasteiger partial charge on any atom is 0.317 e. The molecule has 1 unspecified atom stereocenters. The zero-order chi connectivity index (χ0) is 13.3. The standard InChI is InChI=1S/C12H18N4O2/c1-8-6-9(13)15-11(14-8)12(2)4-3-5-16(12)7-10(17)18/h6H,3-5,7H2,1-2H3,(H,17,18)(H2,13,14,15). The number of carboxylic acid groups (broad SMARTS) is 1. The molecule has 1 atom stereocenters. The SMILES string of the molecule is Cc1cc(N)nc(C2(C)CCCN2CC(=O)O)n1. The summed E-state index contributed by atoms with van der Waals surface area (Å²) in [6, 6.07) is 1.71. The molecule has 0 spiro atoms. The minimum absolute atomic E-state index is 0.00765. The zero-order valence-corrected chi connectivity index (χ0v) is 10.7. The van der Waals surface area contributed by atoms with E-state index < -0.39 is 11.5 Å². The van der Waals surface area contributed by atoms with Gasteiger partial charge in [0.15, 0.2) is 5.82 Å². The molecule has 0 radical (unpaired) electrons. The van der Waals surface area contributed by atoms with Crippen molar-refractivity contribution in [2.45, 2.75) is 32.2 Å². The summed E-state index contributed by atoms with van der Waals surface area (Å²) >= 11 is 0. The molecule has 2 rings (SSSR count). The number of aliphatic carboxylic acids is 1. The van der Waals surface area contributed by atoms with Gasteiger partial charge in [0.1, 0.15) is 5.82 Å². The second-order valence-electron chi connectivity index (χ2n) is 4.95. The fourth-order valence-corrected chi connectivity index (χ4v) is 2.52. The molecule has 2 heterocycles. The molecule has 1 aliphatic heterocycles. The van der Waals surface area contributed by atoms with Crippen LogP contribution in [0.1, 0.15) is 31.3 Å². The van der Waals surface area contributed by atoms with Gasteiger partial charge in [-0.05, 0) is 33.2 Å². The van der Waals surface area contributed by atoms with Crippen LogP contribution in [0, 0.1) is 6.92 Å². The second kappa shape index (κ2) is 4.53. The third-order valence-corrected chi connectivity index (χ3v) is 3.47. The van der Waals surface area contributed by atoms with Crippen LogP contribution in [0.15, 0.2) is 6.07 Å². The first-order valence-electron chi connectivity index (χ1n) is 6.00. The van der Waals surface area contributed by atoms with E-state index in [2.05, 4.69) is 9.97 Å². The van der Waals surface area contributed by atoms with Crippen molar-refractivity contribution in [3.63, 3.8) is 0 Å². The Bertz CT molecular complexity index is 457. The first-order chi connectivity index (χ1) is 8.41. The van der Waals surface area contributed by atoms with Crippen LogP contribution in [-0.4, -0.2) is 39.0 Å². The average molecular weight is 250 g/mol. The molecule has 3 N–H and O–H groups in total. The van der Waals surface area contributed by atoms with E-state index in [0.29, 0.717) is 11.6 Å². The quantitative estimate of drug-likeness (QED) is 0.823. The summed E-state index contributed by atoms with van der Waals surface area (Å²) in [5.74, 6) is 0.225. The summed E-state index contributed by atoms with van der Waals surface area (Å²) in [5, 5.41) is 8.96. The lowest BCUT2D eigenvalue weighted by Gasteiger charge is -2.32. The van der Waals surface area contributed by atoms with Crippen molar-refractivity contribution in [1.29, 1.82) is 0 Å². The first-order valence-corrected chi connectivity index (χ1v) is 6.00. The largest absolute Gasteiger partial charge is 0.480 e. The molecular weight excluding hydrogens is 232 g/mol. The van der Waals surface area contributed by atoms with Gasteiger partial charge in [-0.3, -0.25) is 9.69 Å². The van der Waals surface area contributed by atoms with Crippen LogP contribution < -0.4 is 5.73 Å². The van der Waals surface area contributed by atoms with Gasteiger partial charge in [-0.2, -0.15) is 0 Å². The van der Waals surface area contributed by atoms with Crippen molar-refractivity contribution < 1.29 is 9.90 Å². The van der Waals surface area contributed by atoms with Gasteiger partial charge in [-0.15, -0.1) is 0 Å². The van der Waals surface area contributed by atoms with Gasteiger partial charge in [-0.1, -0.05) is 0 Å². The predicted molar refractivity (Wildman–Crippen MR) is 67.0 cm³/mol. The van der Waals surface area contributed by atoms with Gasteiger partial charge >= 0.3 is 5.97 Å². The number of rotatable bonds is 3. The fraction of sp³-hybridized carbons (Fsp3) is 0.583. The lowest BCUT2D eigenvalue weighted by molar-refractivity contribution is -0.139. The molecule has 1 aliphatic rings. The van der Waals surface area contributed by atoms with Gasteiger partial charge in [-0.25, -0.2) is 9.97 Å². The Morgan fingerprint density at radius 1 is 1.61 bits per heavy atom. The number of carboxylic acids is 1. The molecule has 6 nitrogen and oxygen atoms in total. The molecular formula is C12H18N4O2. The number of aromatic nitrogens is 2. The van der Waals surface area contributed by atoms with E-state index in [-0.39, 0.29) is 6.54 Å². The van der Waals surface area contributed by atoms with E-state index in [9.17, 15) is 4.79 Å². The van der Waals surface area contributed by atoms with Gasteiger partial charge in [0.2, 0.25) is 0 Å². The van der Waals surface area contributed by atoms with Gasteiger partial charge in [0, 0.05) is 11.8 Å². The van der Waals surface area contributed by atoms with E-state index in [1.165, 1.54) is 0 Å². The molecule has 98 valence electrons. The Morgan fingerprint density at radius 3 is 2.94 bits per heavy atom. The fourth-order valence-electron chi connectivity index (χ4n) is 2.52. The number of hydrogen-bond donors (Lipinski definition) is 2. The zero-order valence-electron chi connectivity index (χ0n) is 10.7. The topological polar surface area (TPSA) is 92.3 Å². The summed E-state index contributed by atoms with van der Waals surface area (Å²) in [7, 11) is 0. The van der Waals surface area contributed by atoms with Crippen molar-refractivity contribution >= 4 is 11.8 Å². The first kappa shape index (κ1) is 12.8. The van der Waals surface area contributed by atoms with E-state index in [0.717, 1.165) is 25.1 Å². The van der Waals surface area contributed by atoms with Crippen molar-refractivity contribution in [3.05, 3.63) is 17.6 Å². The second-order valence-corrected chi connectivity index (χ2v) is 4.95. The number of likely N-dealkylation sites (tertiary alicyclic amines) is 1. The van der Waals surface area contributed by atoms with Crippen LogP contribution in [0.25, 0.3) is 0 Å². The van der Waals surface area contributed by atoms with Crippen LogP contribution >= 0.6 is 0 Å². The molecule has 1 aromatic rings. The summed E-state index contributed by atoms with van der Waals surface area (Å²) < 4.78 is 0. The average Bonchev–Trinajstić information content (AvgIpc) is 2.59. The lowest BCUT2D eigenvalue weighted by Crippen LogP contribution is -2.43. The number of nitrogen functional groups attached to an aromatic ring is 1. The van der Waals surface area contributed by atoms with Crippen molar-refractivity contribution in [1.82, 2.24) is 14.9 Å². The van der Waals surface area contributed by atoms with Crippen LogP contribution in [0.4, 0.5) is 5.82 Å². The Morgan fingerprint density at radius 2 is 2.33 bits per heavy atom. The number of hydrogen-bond acceptors (Lipinski definition) is 5. The molecule has 18 heavy (non-hydrogen) atoms. The summed E-state index contributed by atoms with van der Waals surface area (Å²) in [5.41, 5.74) is 6.12. The summed E-state index contributed by atoms with van der Waals surface area (Å²) in [6.07, 6.45) is 1.80. The van der Waals surface area contributed by atoms with Gasteiger partial charge in [0.05, 0.1) is 12.1 Å². The third-order valence-electron chi connectivity index (χ3n) is 3.47. The Hall–Kier alpha value is -1.69. The minimum atomic E-state index is -0.830. The van der Waals surface area contributed by atoms with Crippen molar-refractivity contribution in [3.8, 4) is 0 Å². The van der Waals surface area contributed by atoms with E-state index in [1.807, 2.05) is 18.7 Å². The Balaban J connectivity index is 2.36. The number of anilines is 1. The molecule has 6 heteroatoms. The molecule has 0 aromatic carbocycles. The number of aryl methyl sites for hydroxylation is 1. The summed E-state index contributed by atoms with van der Waals surface area (Å²) in [6.45, 7) is 4.60. The van der Waals surface area contributed by atoms with Gasteiger partial charge < -0.3 is 10.8 Å². The molecule has 1 aromatic heterocycles. The molecule has 1 fully saturated rings. The van der Waals surface area contributed by atoms with Gasteiger partial charge in [0.25, 0.3) is 0 Å². The van der Waals surface area contributed by atoms with Crippen molar-refractivity contribution in [2.24, 2.45) is 0 Å². The van der Waals surface area contributed by atoms with E-state index in [1.54, 1.807) is 6.07 Å². The van der Waals surface area contributed by atoms with Crippen LogP contribution in [0.2, 0.25) is 0 Å². The highest BCUT2D eigenvalue weighted by molar-refractivity contribution is 5.69. The molecule has 0 bridgehead atoms. The number of nitrogens with zero attached hydrogens (tertiary/aromatic N) is 3. The highest BCUT2D eigenvalue weighted by Crippen LogP contribution is 2.36. The maximum absolute atomic E-state index is 10.9. The van der Waals surface area contributed by atoms with Crippen molar-refractivity contribution in [2.75, 3.05) is 18.8 Å². The summed E-state index contributed by atoms with van der Waals surface area (Å²) in [4.78, 5) is 21.5. The Kier molecular flexibility index (Phi) is 3.21. The maximum atomic E-state index is 10.9. The smallest absolute Gasteiger partial charge is 0.317 e. The predicted octanol–water partition coefficient (Wildman–Crippen LogP) is 0.763. The lowest BCUT2D eigenvalue weighted by atomic mass is 9.97. The number of nitrogens with two attached hydrogens (primary N) is 1. The molecule has 1 saturated heterocycles. The van der Waals surface area contributed by atoms with Crippen LogP contribution in [0.5, 0.6) is 0 Å².